The fourth-order valence-corrected chi connectivity index (χ4v) is 2.42. The van der Waals surface area contributed by atoms with Crippen molar-refractivity contribution in [2.24, 2.45) is 0 Å². The number of aromatic amines is 1. The van der Waals surface area contributed by atoms with E-state index in [4.69, 9.17) is 0 Å². The molecule has 18 heavy (non-hydrogen) atoms. The van der Waals surface area contributed by atoms with Crippen LogP contribution in [0.3, 0.4) is 0 Å². The monoisotopic (exact) mass is 247 g/mol. The zero-order valence-electron chi connectivity index (χ0n) is 9.87. The van der Waals surface area contributed by atoms with Gasteiger partial charge in [-0.15, -0.1) is 0 Å². The van der Waals surface area contributed by atoms with Gasteiger partial charge in [0, 0.05) is 12.5 Å². The van der Waals surface area contributed by atoms with Gasteiger partial charge in [0.1, 0.15) is 11.6 Å². The lowest BCUT2D eigenvalue weighted by atomic mass is 10.1. The van der Waals surface area contributed by atoms with Gasteiger partial charge < -0.3 is 10.3 Å². The molecule has 1 aliphatic heterocycles. The number of rotatable bonds is 2. The molecule has 0 spiro atoms. The van der Waals surface area contributed by atoms with E-state index in [0.29, 0.717) is 29.2 Å². The van der Waals surface area contributed by atoms with Gasteiger partial charge in [0.15, 0.2) is 0 Å². The van der Waals surface area contributed by atoms with Crippen molar-refractivity contribution in [1.82, 2.24) is 15.3 Å². The minimum Gasteiger partial charge on any atom is -0.314 e. The van der Waals surface area contributed by atoms with Crippen LogP contribution in [0.1, 0.15) is 18.7 Å². The molecular weight excluding hydrogens is 233 g/mol. The van der Waals surface area contributed by atoms with E-state index in [2.05, 4.69) is 15.3 Å². The standard InChI is InChI=1S/C13H14FN3O/c14-8-3-4-11-10(6-8)13(18)17-12(16-11)7-9-2-1-5-15-9/h3-4,6,9,15H,1-2,5,7H2,(H,16,17,18). The molecule has 1 saturated heterocycles. The van der Waals surface area contributed by atoms with Gasteiger partial charge in [0.05, 0.1) is 10.9 Å². The fourth-order valence-electron chi connectivity index (χ4n) is 2.42. The van der Waals surface area contributed by atoms with E-state index >= 15 is 0 Å². The topological polar surface area (TPSA) is 57.8 Å². The molecule has 0 aliphatic carbocycles. The molecule has 1 aliphatic rings. The third-order valence-corrected chi connectivity index (χ3v) is 3.32. The second kappa shape index (κ2) is 4.49. The summed E-state index contributed by atoms with van der Waals surface area (Å²) in [6, 6.07) is 4.47. The van der Waals surface area contributed by atoms with Crippen molar-refractivity contribution < 1.29 is 4.39 Å². The third kappa shape index (κ3) is 2.13. The number of halogens is 1. The van der Waals surface area contributed by atoms with E-state index in [9.17, 15) is 9.18 Å². The largest absolute Gasteiger partial charge is 0.314 e. The average Bonchev–Trinajstić information content (AvgIpc) is 2.83. The Morgan fingerprint density at radius 3 is 3.11 bits per heavy atom. The summed E-state index contributed by atoms with van der Waals surface area (Å²) in [5.74, 6) is 0.249. The molecule has 0 amide bonds. The van der Waals surface area contributed by atoms with Crippen molar-refractivity contribution in [3.05, 3.63) is 40.2 Å². The molecule has 2 aromatic rings. The van der Waals surface area contributed by atoms with Crippen LogP contribution in [0.2, 0.25) is 0 Å². The van der Waals surface area contributed by atoms with Crippen molar-refractivity contribution in [1.29, 1.82) is 0 Å². The highest BCUT2D eigenvalue weighted by atomic mass is 19.1. The third-order valence-electron chi connectivity index (χ3n) is 3.32. The second-order valence-electron chi connectivity index (χ2n) is 4.67. The molecule has 94 valence electrons. The van der Waals surface area contributed by atoms with Crippen molar-refractivity contribution >= 4 is 10.9 Å². The van der Waals surface area contributed by atoms with Crippen LogP contribution in [-0.4, -0.2) is 22.6 Å². The number of benzene rings is 1. The molecule has 3 rings (SSSR count). The lowest BCUT2D eigenvalue weighted by molar-refractivity contribution is 0.585. The molecule has 4 nitrogen and oxygen atoms in total. The number of aromatic nitrogens is 2. The highest BCUT2D eigenvalue weighted by Gasteiger charge is 2.16. The quantitative estimate of drug-likeness (QED) is 0.842. The molecule has 1 unspecified atom stereocenters. The summed E-state index contributed by atoms with van der Waals surface area (Å²) in [6.45, 7) is 1.02. The first-order chi connectivity index (χ1) is 8.72. The van der Waals surface area contributed by atoms with Gasteiger partial charge in [-0.1, -0.05) is 0 Å². The fraction of sp³-hybridized carbons (Fsp3) is 0.385. The molecule has 5 heteroatoms. The van der Waals surface area contributed by atoms with E-state index in [1.54, 1.807) is 6.07 Å². The summed E-state index contributed by atoms with van der Waals surface area (Å²) in [4.78, 5) is 19.0. The molecule has 2 N–H and O–H groups in total. The first kappa shape index (κ1) is 11.3. The van der Waals surface area contributed by atoms with E-state index in [1.807, 2.05) is 0 Å². The van der Waals surface area contributed by atoms with Crippen LogP contribution in [0, 0.1) is 5.82 Å². The molecule has 0 saturated carbocycles. The molecule has 0 radical (unpaired) electrons. The number of hydrogen-bond acceptors (Lipinski definition) is 3. The van der Waals surface area contributed by atoms with E-state index in [-0.39, 0.29) is 5.56 Å². The van der Waals surface area contributed by atoms with Gasteiger partial charge in [-0.25, -0.2) is 9.37 Å². The number of fused-ring (bicyclic) bond motifs is 1. The van der Waals surface area contributed by atoms with Crippen LogP contribution < -0.4 is 10.9 Å². The maximum absolute atomic E-state index is 13.1. The van der Waals surface area contributed by atoms with Crippen LogP contribution in [-0.2, 0) is 6.42 Å². The normalized spacial score (nSPS) is 19.5. The minimum absolute atomic E-state index is 0.271. The SMILES string of the molecule is O=c1[nH]c(CC2CCCN2)nc2ccc(F)cc12. The highest BCUT2D eigenvalue weighted by molar-refractivity contribution is 5.77. The lowest BCUT2D eigenvalue weighted by Crippen LogP contribution is -2.26. The van der Waals surface area contributed by atoms with Crippen LogP contribution in [0.15, 0.2) is 23.0 Å². The van der Waals surface area contributed by atoms with Crippen molar-refractivity contribution in [3.8, 4) is 0 Å². The number of hydrogen-bond donors (Lipinski definition) is 2. The Labute approximate surface area is 103 Å². The molecule has 1 aromatic carbocycles. The molecule has 1 aromatic heterocycles. The molecule has 2 heterocycles. The maximum atomic E-state index is 13.1. The number of H-pyrrole nitrogens is 1. The van der Waals surface area contributed by atoms with Gasteiger partial charge in [-0.3, -0.25) is 4.79 Å². The van der Waals surface area contributed by atoms with Crippen LogP contribution in [0.4, 0.5) is 4.39 Å². The summed E-state index contributed by atoms with van der Waals surface area (Å²) >= 11 is 0. The van der Waals surface area contributed by atoms with Crippen molar-refractivity contribution in [2.45, 2.75) is 25.3 Å². The Kier molecular flexibility index (Phi) is 2.83. The predicted molar refractivity (Wildman–Crippen MR) is 67.1 cm³/mol. The Morgan fingerprint density at radius 1 is 1.44 bits per heavy atom. The zero-order chi connectivity index (χ0) is 12.5. The smallest absolute Gasteiger partial charge is 0.258 e. The summed E-state index contributed by atoms with van der Waals surface area (Å²) in [7, 11) is 0. The highest BCUT2D eigenvalue weighted by Crippen LogP contribution is 2.12. The van der Waals surface area contributed by atoms with E-state index in [1.165, 1.54) is 12.1 Å². The van der Waals surface area contributed by atoms with Crippen molar-refractivity contribution in [2.75, 3.05) is 6.54 Å². The first-order valence-corrected chi connectivity index (χ1v) is 6.14. The summed E-state index contributed by atoms with van der Waals surface area (Å²) in [6.07, 6.45) is 2.97. The van der Waals surface area contributed by atoms with Gasteiger partial charge in [0.2, 0.25) is 0 Å². The van der Waals surface area contributed by atoms with Crippen LogP contribution in [0.25, 0.3) is 10.9 Å². The first-order valence-electron chi connectivity index (χ1n) is 6.14. The van der Waals surface area contributed by atoms with Gasteiger partial charge in [-0.2, -0.15) is 0 Å². The summed E-state index contributed by atoms with van der Waals surface area (Å²) in [5.41, 5.74) is 0.278. The van der Waals surface area contributed by atoms with E-state index in [0.717, 1.165) is 19.4 Å². The molecule has 1 atom stereocenters. The lowest BCUT2D eigenvalue weighted by Gasteiger charge is -2.09. The van der Waals surface area contributed by atoms with E-state index < -0.39 is 5.82 Å². The zero-order valence-corrected chi connectivity index (χ0v) is 9.87. The molecular formula is C13H14FN3O. The Hall–Kier alpha value is -1.75. The van der Waals surface area contributed by atoms with Gasteiger partial charge in [-0.05, 0) is 37.6 Å². The maximum Gasteiger partial charge on any atom is 0.258 e. The minimum atomic E-state index is -0.417. The van der Waals surface area contributed by atoms with Crippen molar-refractivity contribution in [3.63, 3.8) is 0 Å². The predicted octanol–water partition coefficient (Wildman–Crippen LogP) is 1.36. The number of nitrogens with zero attached hydrogens (tertiary/aromatic N) is 1. The average molecular weight is 247 g/mol. The summed E-state index contributed by atoms with van der Waals surface area (Å²) in [5, 5.41) is 3.66. The Balaban J connectivity index is 1.99. The van der Waals surface area contributed by atoms with Crippen LogP contribution in [0.5, 0.6) is 0 Å². The van der Waals surface area contributed by atoms with Gasteiger partial charge >= 0.3 is 0 Å². The molecule has 0 bridgehead atoms. The Morgan fingerprint density at radius 2 is 2.33 bits per heavy atom. The van der Waals surface area contributed by atoms with Crippen LogP contribution >= 0.6 is 0 Å². The van der Waals surface area contributed by atoms with Gasteiger partial charge in [0.25, 0.3) is 5.56 Å². The Bertz CT molecular complexity index is 632. The molecule has 1 fully saturated rings. The second-order valence-corrected chi connectivity index (χ2v) is 4.67. The summed E-state index contributed by atoms with van der Waals surface area (Å²) < 4.78 is 13.1. The number of nitrogens with one attached hydrogen (secondary N) is 2.